The highest BCUT2D eigenvalue weighted by molar-refractivity contribution is 8.02. The molecule has 0 aliphatic carbocycles. The Kier molecular flexibility index (Phi) is 8.66. The van der Waals surface area contributed by atoms with Crippen molar-refractivity contribution in [2.45, 2.75) is 18.6 Å². The van der Waals surface area contributed by atoms with Gasteiger partial charge < -0.3 is 14.8 Å². The molecule has 1 atom stereocenters. The predicted octanol–water partition coefficient (Wildman–Crippen LogP) is 5.81. The van der Waals surface area contributed by atoms with Gasteiger partial charge in [0, 0.05) is 28.6 Å². The monoisotopic (exact) mass is 488 g/mol. The third-order valence-electron chi connectivity index (χ3n) is 4.90. The molecule has 2 aromatic rings. The predicted molar refractivity (Wildman–Crippen MR) is 128 cm³/mol. The summed E-state index contributed by atoms with van der Waals surface area (Å²) in [6.45, 7) is 2.20. The second kappa shape index (κ2) is 11.4. The first-order valence-electron chi connectivity index (χ1n) is 9.86. The van der Waals surface area contributed by atoms with Gasteiger partial charge in [0.1, 0.15) is 6.61 Å². The Bertz CT molecular complexity index is 1090. The number of benzene rings is 2. The van der Waals surface area contributed by atoms with Gasteiger partial charge >= 0.3 is 5.97 Å². The Balaban J connectivity index is 1.99. The first-order chi connectivity index (χ1) is 15.5. The number of carbonyl (C=O) groups excluding carboxylic acids is 1. The van der Waals surface area contributed by atoms with E-state index in [1.165, 1.54) is 18.9 Å². The number of ether oxygens (including phenoxy) is 2. The van der Waals surface area contributed by atoms with E-state index < -0.39 is 11.9 Å². The number of thioether (sulfide) groups is 1. The summed E-state index contributed by atoms with van der Waals surface area (Å²) in [4.78, 5) is 13.0. The lowest BCUT2D eigenvalue weighted by molar-refractivity contribution is -0.140. The van der Waals surface area contributed by atoms with Crippen molar-refractivity contribution >= 4 is 40.9 Å². The topological polar surface area (TPSA) is 71.3 Å². The molecule has 32 heavy (non-hydrogen) atoms. The summed E-state index contributed by atoms with van der Waals surface area (Å²) < 4.78 is 10.4. The normalized spacial score (nSPS) is 15.9. The maximum Gasteiger partial charge on any atom is 0.336 e. The molecule has 2 aromatic carbocycles. The molecule has 8 heteroatoms. The van der Waals surface area contributed by atoms with Crippen LogP contribution in [0.2, 0.25) is 10.0 Å². The molecule has 0 spiro atoms. The van der Waals surface area contributed by atoms with Crippen LogP contribution in [0.3, 0.4) is 0 Å². The van der Waals surface area contributed by atoms with Gasteiger partial charge in [0.15, 0.2) is 0 Å². The van der Waals surface area contributed by atoms with Crippen molar-refractivity contribution in [2.75, 3.05) is 20.3 Å². The van der Waals surface area contributed by atoms with Crippen LogP contribution in [0.15, 0.2) is 70.4 Å². The molecule has 1 aliphatic heterocycles. The first-order valence-corrected chi connectivity index (χ1v) is 11.6. The third-order valence-corrected chi connectivity index (χ3v) is 6.59. The molecular weight excluding hydrogens is 467 g/mol. The molecule has 0 fully saturated rings. The molecule has 166 valence electrons. The van der Waals surface area contributed by atoms with E-state index in [2.05, 4.69) is 11.4 Å². The Morgan fingerprint density at radius 1 is 1.16 bits per heavy atom. The zero-order valence-corrected chi connectivity index (χ0v) is 20.0. The van der Waals surface area contributed by atoms with E-state index in [0.29, 0.717) is 43.2 Å². The fourth-order valence-corrected chi connectivity index (χ4v) is 4.77. The lowest BCUT2D eigenvalue weighted by Crippen LogP contribution is -2.29. The Morgan fingerprint density at radius 2 is 1.88 bits per heavy atom. The highest BCUT2D eigenvalue weighted by atomic mass is 35.5. The van der Waals surface area contributed by atoms with Crippen LogP contribution < -0.4 is 5.32 Å². The average Bonchev–Trinajstić information content (AvgIpc) is 2.78. The Morgan fingerprint density at radius 3 is 2.53 bits per heavy atom. The van der Waals surface area contributed by atoms with Gasteiger partial charge in [-0.05, 0) is 36.2 Å². The fourth-order valence-electron chi connectivity index (χ4n) is 3.35. The zero-order valence-electron chi connectivity index (χ0n) is 17.7. The van der Waals surface area contributed by atoms with E-state index in [1.54, 1.807) is 13.0 Å². The fraction of sp³-hybridized carbons (Fsp3) is 0.250. The Hall–Kier alpha value is -2.43. The number of methoxy groups -OCH3 is 1. The van der Waals surface area contributed by atoms with Crippen molar-refractivity contribution < 1.29 is 14.3 Å². The van der Waals surface area contributed by atoms with Gasteiger partial charge in [-0.3, -0.25) is 0 Å². The largest absolute Gasteiger partial charge is 0.460 e. The lowest BCUT2D eigenvalue weighted by atomic mass is 9.82. The van der Waals surface area contributed by atoms with Crippen molar-refractivity contribution in [3.8, 4) is 6.07 Å². The number of nitrogens with zero attached hydrogens (tertiary/aromatic N) is 1. The number of hydrogen-bond donors (Lipinski definition) is 1. The van der Waals surface area contributed by atoms with Crippen molar-refractivity contribution in [1.29, 1.82) is 5.26 Å². The SMILES string of the molecule is COCCOC(=O)C1=C(C)NC(SCc2ccc(Cl)cc2)=C(C#N)[C@@H]1c1ccccc1Cl. The van der Waals surface area contributed by atoms with Crippen LogP contribution in [0.4, 0.5) is 0 Å². The van der Waals surface area contributed by atoms with Gasteiger partial charge in [0.05, 0.1) is 34.8 Å². The van der Waals surface area contributed by atoms with Crippen LogP contribution in [0.25, 0.3) is 0 Å². The van der Waals surface area contributed by atoms with Crippen molar-refractivity contribution in [1.82, 2.24) is 5.32 Å². The van der Waals surface area contributed by atoms with Gasteiger partial charge in [0.25, 0.3) is 0 Å². The first kappa shape index (κ1) is 24.2. The number of halogens is 2. The van der Waals surface area contributed by atoms with E-state index in [-0.39, 0.29) is 13.2 Å². The second-order valence-electron chi connectivity index (χ2n) is 7.02. The van der Waals surface area contributed by atoms with E-state index in [1.807, 2.05) is 42.5 Å². The third kappa shape index (κ3) is 5.67. The summed E-state index contributed by atoms with van der Waals surface area (Å²) in [6, 6.07) is 17.1. The maximum absolute atomic E-state index is 13.0. The van der Waals surface area contributed by atoms with Crippen LogP contribution in [-0.4, -0.2) is 26.3 Å². The molecule has 3 rings (SSSR count). The molecule has 1 N–H and O–H groups in total. The molecule has 0 amide bonds. The molecule has 0 aromatic heterocycles. The lowest BCUT2D eigenvalue weighted by Gasteiger charge is -2.30. The highest BCUT2D eigenvalue weighted by Gasteiger charge is 2.36. The highest BCUT2D eigenvalue weighted by Crippen LogP contribution is 2.43. The van der Waals surface area contributed by atoms with Crippen LogP contribution >= 0.6 is 35.0 Å². The van der Waals surface area contributed by atoms with E-state index in [0.717, 1.165) is 5.56 Å². The quantitative estimate of drug-likeness (QED) is 0.373. The van der Waals surface area contributed by atoms with Gasteiger partial charge in [0.2, 0.25) is 0 Å². The molecule has 0 radical (unpaired) electrons. The van der Waals surface area contributed by atoms with Crippen molar-refractivity contribution in [3.05, 3.63) is 91.6 Å². The minimum atomic E-state index is -0.641. The number of nitrogens with one attached hydrogen (secondary N) is 1. The van der Waals surface area contributed by atoms with Crippen molar-refractivity contribution in [2.24, 2.45) is 0 Å². The average molecular weight is 489 g/mol. The maximum atomic E-state index is 13.0. The minimum absolute atomic E-state index is 0.116. The summed E-state index contributed by atoms with van der Waals surface area (Å²) in [5, 5.41) is 15.2. The Labute approximate surface area is 202 Å². The summed E-state index contributed by atoms with van der Waals surface area (Å²) in [6.07, 6.45) is 0. The molecule has 0 bridgehead atoms. The summed E-state index contributed by atoms with van der Waals surface area (Å²) in [5.41, 5.74) is 3.14. The standard InChI is InChI=1S/C24H22Cl2N2O3S/c1-15-21(24(29)31-12-11-30-2)22(18-5-3-4-6-20(18)26)19(13-27)23(28-15)32-14-16-7-9-17(25)10-8-16/h3-10,22,28H,11-12,14H2,1-2H3/t22-/m0/s1. The number of nitriles is 1. The number of esters is 1. The number of carbonyl (C=O) groups is 1. The summed E-state index contributed by atoms with van der Waals surface area (Å²) in [5.74, 6) is -0.523. The molecule has 0 unspecified atom stereocenters. The smallest absolute Gasteiger partial charge is 0.336 e. The molecule has 0 saturated heterocycles. The number of hydrogen-bond acceptors (Lipinski definition) is 6. The number of allylic oxidation sites excluding steroid dienone is 2. The van der Waals surface area contributed by atoms with E-state index in [9.17, 15) is 10.1 Å². The van der Waals surface area contributed by atoms with Gasteiger partial charge in [-0.15, -0.1) is 11.8 Å². The van der Waals surface area contributed by atoms with Gasteiger partial charge in [-0.2, -0.15) is 5.26 Å². The zero-order chi connectivity index (χ0) is 23.1. The van der Waals surface area contributed by atoms with Crippen LogP contribution in [0, 0.1) is 11.3 Å². The second-order valence-corrected chi connectivity index (χ2v) is 8.85. The molecule has 1 heterocycles. The molecular formula is C24H22Cl2N2O3S. The van der Waals surface area contributed by atoms with E-state index >= 15 is 0 Å². The van der Waals surface area contributed by atoms with Crippen LogP contribution in [0.1, 0.15) is 24.0 Å². The molecule has 0 saturated carbocycles. The number of rotatable bonds is 8. The number of dihydropyridines is 1. The van der Waals surface area contributed by atoms with Crippen molar-refractivity contribution in [3.63, 3.8) is 0 Å². The minimum Gasteiger partial charge on any atom is -0.460 e. The summed E-state index contributed by atoms with van der Waals surface area (Å²) in [7, 11) is 1.54. The van der Waals surface area contributed by atoms with Crippen LogP contribution in [0.5, 0.6) is 0 Å². The van der Waals surface area contributed by atoms with Gasteiger partial charge in [-0.1, -0.05) is 53.5 Å². The summed E-state index contributed by atoms with van der Waals surface area (Å²) >= 11 is 14.0. The molecule has 5 nitrogen and oxygen atoms in total. The van der Waals surface area contributed by atoms with E-state index in [4.69, 9.17) is 32.7 Å². The van der Waals surface area contributed by atoms with Gasteiger partial charge in [-0.25, -0.2) is 4.79 Å². The molecule has 1 aliphatic rings. The van der Waals surface area contributed by atoms with Crippen LogP contribution in [-0.2, 0) is 20.0 Å².